The van der Waals surface area contributed by atoms with Gasteiger partial charge in [0.15, 0.2) is 0 Å². The first kappa shape index (κ1) is 9.09. The smallest absolute Gasteiger partial charge is 0.317 e. The second kappa shape index (κ2) is 3.72. The monoisotopic (exact) mass is 199 g/mol. The molecule has 1 saturated heterocycles. The predicted molar refractivity (Wildman–Crippen MR) is 52.7 cm³/mol. The lowest BCUT2D eigenvalue weighted by Crippen LogP contribution is -2.36. The van der Waals surface area contributed by atoms with Gasteiger partial charge in [0, 0.05) is 19.0 Å². The molecule has 3 nitrogen and oxygen atoms in total. The first-order valence-electron chi connectivity index (χ1n) is 4.52. The second-order valence-corrected chi connectivity index (χ2v) is 4.70. The molecule has 72 valence electrons. The van der Waals surface area contributed by atoms with E-state index in [9.17, 15) is 4.79 Å². The Bertz CT molecular complexity index is 252. The van der Waals surface area contributed by atoms with Crippen LogP contribution in [0.3, 0.4) is 0 Å². The summed E-state index contributed by atoms with van der Waals surface area (Å²) in [5.74, 6) is 1.11. The van der Waals surface area contributed by atoms with Crippen molar-refractivity contribution in [2.45, 2.75) is 6.42 Å². The van der Waals surface area contributed by atoms with Gasteiger partial charge in [0.1, 0.15) is 0 Å². The lowest BCUT2D eigenvalue weighted by molar-refractivity contribution is -0.138. The van der Waals surface area contributed by atoms with E-state index in [1.165, 1.54) is 17.1 Å². The Balaban J connectivity index is 1.95. The van der Waals surface area contributed by atoms with Crippen molar-refractivity contribution in [3.8, 4) is 0 Å². The molecule has 1 atom stereocenters. The van der Waals surface area contributed by atoms with Crippen LogP contribution in [0.4, 0.5) is 0 Å². The van der Waals surface area contributed by atoms with Crippen LogP contribution in [0.15, 0.2) is 11.0 Å². The fraction of sp³-hybridized carbons (Fsp3) is 0.667. The number of rotatable bonds is 2. The summed E-state index contributed by atoms with van der Waals surface area (Å²) in [5, 5.41) is 8.64. The molecule has 0 aromatic rings. The van der Waals surface area contributed by atoms with E-state index < -0.39 is 5.97 Å². The van der Waals surface area contributed by atoms with Crippen LogP contribution in [-0.2, 0) is 4.79 Å². The Morgan fingerprint density at radius 2 is 2.62 bits per heavy atom. The highest BCUT2D eigenvalue weighted by Gasteiger charge is 2.27. The van der Waals surface area contributed by atoms with Gasteiger partial charge in [-0.2, -0.15) is 0 Å². The van der Waals surface area contributed by atoms with E-state index in [1.807, 2.05) is 16.7 Å². The molecule has 2 aliphatic rings. The van der Waals surface area contributed by atoms with Gasteiger partial charge in [-0.25, -0.2) is 0 Å². The van der Waals surface area contributed by atoms with Gasteiger partial charge in [-0.1, -0.05) is 6.08 Å². The average Bonchev–Trinajstić information content (AvgIpc) is 2.49. The highest BCUT2D eigenvalue weighted by Crippen LogP contribution is 2.38. The molecule has 0 aromatic heterocycles. The molecule has 1 N–H and O–H groups in total. The minimum atomic E-state index is -0.720. The van der Waals surface area contributed by atoms with Gasteiger partial charge in [-0.15, -0.1) is 11.8 Å². The molecule has 0 amide bonds. The Kier molecular flexibility index (Phi) is 2.60. The van der Waals surface area contributed by atoms with Crippen molar-refractivity contribution in [2.24, 2.45) is 5.92 Å². The van der Waals surface area contributed by atoms with Crippen molar-refractivity contribution in [1.82, 2.24) is 4.90 Å². The number of fused-ring (bicyclic) bond motifs is 1. The van der Waals surface area contributed by atoms with Gasteiger partial charge >= 0.3 is 5.97 Å². The van der Waals surface area contributed by atoms with Gasteiger partial charge < -0.3 is 5.11 Å². The van der Waals surface area contributed by atoms with Crippen LogP contribution in [0.5, 0.6) is 0 Å². The summed E-state index contributed by atoms with van der Waals surface area (Å²) >= 11 is 1.93. The zero-order chi connectivity index (χ0) is 9.26. The van der Waals surface area contributed by atoms with Crippen molar-refractivity contribution in [1.29, 1.82) is 0 Å². The Hall–Kier alpha value is -0.480. The number of aliphatic carboxylic acids is 1. The van der Waals surface area contributed by atoms with Crippen molar-refractivity contribution in [3.05, 3.63) is 11.0 Å². The van der Waals surface area contributed by atoms with E-state index in [0.717, 1.165) is 13.1 Å². The maximum absolute atomic E-state index is 10.5. The molecule has 0 aliphatic carbocycles. The van der Waals surface area contributed by atoms with E-state index in [4.69, 9.17) is 5.11 Å². The van der Waals surface area contributed by atoms with Gasteiger partial charge in [-0.3, -0.25) is 9.69 Å². The van der Waals surface area contributed by atoms with Gasteiger partial charge in [-0.05, 0) is 17.1 Å². The van der Waals surface area contributed by atoms with Crippen molar-refractivity contribution >= 4 is 17.7 Å². The Labute approximate surface area is 81.8 Å². The van der Waals surface area contributed by atoms with Crippen LogP contribution < -0.4 is 0 Å². The summed E-state index contributed by atoms with van der Waals surface area (Å²) in [6.07, 6.45) is 3.40. The third-order valence-electron chi connectivity index (χ3n) is 2.53. The van der Waals surface area contributed by atoms with E-state index >= 15 is 0 Å². The fourth-order valence-corrected chi connectivity index (χ4v) is 3.17. The van der Waals surface area contributed by atoms with Crippen LogP contribution in [0.25, 0.3) is 0 Å². The highest BCUT2D eigenvalue weighted by atomic mass is 32.2. The Morgan fingerprint density at radius 3 is 3.38 bits per heavy atom. The molecular formula is C9H13NO2S. The topological polar surface area (TPSA) is 40.5 Å². The molecule has 2 aliphatic heterocycles. The normalized spacial score (nSPS) is 28.3. The number of hydrogen-bond acceptors (Lipinski definition) is 3. The third kappa shape index (κ3) is 2.06. The van der Waals surface area contributed by atoms with Gasteiger partial charge in [0.2, 0.25) is 0 Å². The molecule has 1 unspecified atom stereocenters. The quantitative estimate of drug-likeness (QED) is 0.721. The van der Waals surface area contributed by atoms with E-state index in [2.05, 4.69) is 6.08 Å². The molecule has 0 saturated carbocycles. The first-order valence-corrected chi connectivity index (χ1v) is 5.51. The maximum Gasteiger partial charge on any atom is 0.317 e. The van der Waals surface area contributed by atoms with E-state index in [0.29, 0.717) is 5.92 Å². The SMILES string of the molecule is O=C(O)CN1CC=C2SCCC2C1. The number of hydrogen-bond donors (Lipinski definition) is 1. The lowest BCUT2D eigenvalue weighted by Gasteiger charge is -2.27. The Morgan fingerprint density at radius 1 is 1.77 bits per heavy atom. The van der Waals surface area contributed by atoms with E-state index in [1.54, 1.807) is 0 Å². The molecule has 0 radical (unpaired) electrons. The molecule has 13 heavy (non-hydrogen) atoms. The van der Waals surface area contributed by atoms with Crippen LogP contribution in [0.1, 0.15) is 6.42 Å². The summed E-state index contributed by atoms with van der Waals surface area (Å²) < 4.78 is 0. The van der Waals surface area contributed by atoms with Crippen LogP contribution >= 0.6 is 11.8 Å². The number of nitrogens with zero attached hydrogens (tertiary/aromatic N) is 1. The summed E-state index contributed by atoms with van der Waals surface area (Å²) in [5.41, 5.74) is 0. The first-order chi connectivity index (χ1) is 6.25. The van der Waals surface area contributed by atoms with Crippen LogP contribution in [0, 0.1) is 5.92 Å². The van der Waals surface area contributed by atoms with Crippen LogP contribution in [0.2, 0.25) is 0 Å². The second-order valence-electron chi connectivity index (χ2n) is 3.53. The van der Waals surface area contributed by atoms with E-state index in [-0.39, 0.29) is 6.54 Å². The molecule has 0 bridgehead atoms. The van der Waals surface area contributed by atoms with Crippen LogP contribution in [-0.4, -0.2) is 41.4 Å². The zero-order valence-electron chi connectivity index (χ0n) is 7.40. The average molecular weight is 199 g/mol. The highest BCUT2D eigenvalue weighted by molar-refractivity contribution is 8.03. The number of carboxylic acids is 1. The van der Waals surface area contributed by atoms with Crippen molar-refractivity contribution in [3.63, 3.8) is 0 Å². The zero-order valence-corrected chi connectivity index (χ0v) is 8.22. The number of thioether (sulfide) groups is 1. The molecule has 2 heterocycles. The van der Waals surface area contributed by atoms with Gasteiger partial charge in [0.05, 0.1) is 6.54 Å². The maximum atomic E-state index is 10.5. The summed E-state index contributed by atoms with van der Waals surface area (Å²) in [6, 6.07) is 0. The minimum absolute atomic E-state index is 0.185. The molecule has 1 fully saturated rings. The summed E-state index contributed by atoms with van der Waals surface area (Å²) in [7, 11) is 0. The predicted octanol–water partition coefficient (Wildman–Crippen LogP) is 1.02. The van der Waals surface area contributed by atoms with Crippen molar-refractivity contribution < 1.29 is 9.90 Å². The summed E-state index contributed by atoms with van der Waals surface area (Å²) in [4.78, 5) is 14.0. The van der Waals surface area contributed by atoms with Gasteiger partial charge in [0.25, 0.3) is 0 Å². The molecule has 0 aromatic carbocycles. The summed E-state index contributed by atoms with van der Waals surface area (Å²) in [6.45, 7) is 1.93. The largest absolute Gasteiger partial charge is 0.480 e. The number of carboxylic acid groups (broad SMARTS) is 1. The third-order valence-corrected chi connectivity index (χ3v) is 3.80. The molecule has 0 spiro atoms. The molecule has 4 heteroatoms. The standard InChI is InChI=1S/C9H13NO2S/c11-9(12)6-10-3-1-8-7(5-10)2-4-13-8/h1,7H,2-6H2,(H,11,12). The molecular weight excluding hydrogens is 186 g/mol. The number of carbonyl (C=O) groups is 1. The fourth-order valence-electron chi connectivity index (χ4n) is 1.91. The molecule has 2 rings (SSSR count). The van der Waals surface area contributed by atoms with Crippen molar-refractivity contribution in [2.75, 3.05) is 25.4 Å². The lowest BCUT2D eigenvalue weighted by atomic mass is 10.0. The minimum Gasteiger partial charge on any atom is -0.480 e.